The quantitative estimate of drug-likeness (QED) is 0.376. The fourth-order valence-corrected chi connectivity index (χ4v) is 2.68. The van der Waals surface area contributed by atoms with E-state index in [-0.39, 0.29) is 0 Å². The van der Waals surface area contributed by atoms with E-state index < -0.39 is 0 Å². The first-order chi connectivity index (χ1) is 11.4. The smallest absolute Gasteiger partial charge is 0.142 e. The summed E-state index contributed by atoms with van der Waals surface area (Å²) in [6.45, 7) is 1.77. The van der Waals surface area contributed by atoms with Crippen LogP contribution in [0.4, 0.5) is 0 Å². The standard InChI is InChI=1S/C20H19NO2/c22-12-6-7-13-23-16-19-14-18-10-4-5-11-20(18)21(19)15-17-8-2-1-3-9-17/h1-12,14H,13,15-16H2/b7-6+. The molecule has 0 aliphatic heterocycles. The van der Waals surface area contributed by atoms with E-state index in [2.05, 4.69) is 53.1 Å². The van der Waals surface area contributed by atoms with Gasteiger partial charge in [0.2, 0.25) is 0 Å². The zero-order valence-corrected chi connectivity index (χ0v) is 12.9. The van der Waals surface area contributed by atoms with E-state index in [1.807, 2.05) is 12.1 Å². The molecule has 0 saturated heterocycles. The third-order valence-corrected chi connectivity index (χ3v) is 3.76. The fourth-order valence-electron chi connectivity index (χ4n) is 2.68. The molecule has 3 aromatic rings. The van der Waals surface area contributed by atoms with Crippen LogP contribution in [0.25, 0.3) is 10.9 Å². The summed E-state index contributed by atoms with van der Waals surface area (Å²) < 4.78 is 7.95. The fraction of sp³-hybridized carbons (Fsp3) is 0.150. The highest BCUT2D eigenvalue weighted by molar-refractivity contribution is 5.81. The van der Waals surface area contributed by atoms with Crippen molar-refractivity contribution in [3.8, 4) is 0 Å². The highest BCUT2D eigenvalue weighted by Crippen LogP contribution is 2.22. The molecule has 0 aliphatic rings. The SMILES string of the molecule is O=C/C=C/COCc1cc2ccccc2n1Cc1ccccc1. The van der Waals surface area contributed by atoms with Gasteiger partial charge in [-0.1, -0.05) is 54.6 Å². The van der Waals surface area contributed by atoms with E-state index >= 15 is 0 Å². The average molecular weight is 305 g/mol. The van der Waals surface area contributed by atoms with Gasteiger partial charge in [-0.3, -0.25) is 4.79 Å². The number of nitrogens with zero attached hydrogens (tertiary/aromatic N) is 1. The predicted octanol–water partition coefficient (Wildman–Crippen LogP) is 3.96. The van der Waals surface area contributed by atoms with E-state index in [1.165, 1.54) is 22.5 Å². The number of ether oxygens (including phenoxy) is 1. The number of hydrogen-bond acceptors (Lipinski definition) is 2. The zero-order valence-electron chi connectivity index (χ0n) is 12.9. The minimum Gasteiger partial charge on any atom is -0.371 e. The molecule has 3 heteroatoms. The highest BCUT2D eigenvalue weighted by atomic mass is 16.5. The number of hydrogen-bond donors (Lipinski definition) is 0. The van der Waals surface area contributed by atoms with Crippen LogP contribution in [0.1, 0.15) is 11.3 Å². The Labute approximate surface area is 135 Å². The van der Waals surface area contributed by atoms with E-state index in [9.17, 15) is 4.79 Å². The molecule has 116 valence electrons. The van der Waals surface area contributed by atoms with Crippen molar-refractivity contribution >= 4 is 17.2 Å². The van der Waals surface area contributed by atoms with Gasteiger partial charge < -0.3 is 9.30 Å². The van der Waals surface area contributed by atoms with Crippen LogP contribution in [0, 0.1) is 0 Å². The van der Waals surface area contributed by atoms with Crippen molar-refractivity contribution in [2.45, 2.75) is 13.2 Å². The lowest BCUT2D eigenvalue weighted by molar-refractivity contribution is -0.104. The van der Waals surface area contributed by atoms with E-state index in [0.29, 0.717) is 13.2 Å². The van der Waals surface area contributed by atoms with Gasteiger partial charge in [0.1, 0.15) is 6.29 Å². The molecule has 0 amide bonds. The Kier molecular flexibility index (Phi) is 5.02. The minimum absolute atomic E-state index is 0.436. The Morgan fingerprint density at radius 3 is 2.61 bits per heavy atom. The summed E-state index contributed by atoms with van der Waals surface area (Å²) in [5.41, 5.74) is 3.60. The second-order valence-electron chi connectivity index (χ2n) is 5.35. The maximum Gasteiger partial charge on any atom is 0.142 e. The third-order valence-electron chi connectivity index (χ3n) is 3.76. The highest BCUT2D eigenvalue weighted by Gasteiger charge is 2.09. The lowest BCUT2D eigenvalue weighted by Crippen LogP contribution is -2.06. The summed E-state index contributed by atoms with van der Waals surface area (Å²) in [4.78, 5) is 10.3. The van der Waals surface area contributed by atoms with Gasteiger partial charge >= 0.3 is 0 Å². The molecule has 1 heterocycles. The van der Waals surface area contributed by atoms with Gasteiger partial charge in [-0.15, -0.1) is 0 Å². The summed E-state index contributed by atoms with van der Waals surface area (Å²) in [5, 5.41) is 1.21. The molecule has 0 aliphatic carbocycles. The monoisotopic (exact) mass is 305 g/mol. The number of carbonyl (C=O) groups excluding carboxylic acids is 1. The normalized spacial score (nSPS) is 11.3. The maximum absolute atomic E-state index is 10.3. The summed E-state index contributed by atoms with van der Waals surface area (Å²) >= 11 is 0. The Balaban J connectivity index is 1.85. The number of rotatable bonds is 7. The molecule has 3 rings (SSSR count). The molecule has 0 atom stereocenters. The number of fused-ring (bicyclic) bond motifs is 1. The number of allylic oxidation sites excluding steroid dienone is 1. The van der Waals surface area contributed by atoms with Crippen molar-refractivity contribution in [2.75, 3.05) is 6.61 Å². The van der Waals surface area contributed by atoms with Crippen molar-refractivity contribution in [2.24, 2.45) is 0 Å². The molecule has 0 bridgehead atoms. The van der Waals surface area contributed by atoms with Crippen LogP contribution in [0.15, 0.2) is 72.8 Å². The van der Waals surface area contributed by atoms with E-state index in [1.54, 1.807) is 6.08 Å². The largest absolute Gasteiger partial charge is 0.371 e. The van der Waals surface area contributed by atoms with E-state index in [4.69, 9.17) is 4.74 Å². The second-order valence-corrected chi connectivity index (χ2v) is 5.35. The molecular weight excluding hydrogens is 286 g/mol. The topological polar surface area (TPSA) is 31.2 Å². The number of aromatic nitrogens is 1. The second kappa shape index (κ2) is 7.56. The molecule has 0 unspecified atom stereocenters. The van der Waals surface area contributed by atoms with Crippen LogP contribution in [-0.4, -0.2) is 17.5 Å². The van der Waals surface area contributed by atoms with Gasteiger partial charge in [-0.2, -0.15) is 0 Å². The molecule has 23 heavy (non-hydrogen) atoms. The summed E-state index contributed by atoms with van der Waals surface area (Å²) in [6, 6.07) is 20.9. The van der Waals surface area contributed by atoms with E-state index in [0.717, 1.165) is 18.5 Å². The first-order valence-corrected chi connectivity index (χ1v) is 7.67. The molecule has 0 N–H and O–H groups in total. The van der Waals surface area contributed by atoms with Crippen LogP contribution in [0.5, 0.6) is 0 Å². The summed E-state index contributed by atoms with van der Waals surface area (Å²) in [6.07, 6.45) is 3.94. The lowest BCUT2D eigenvalue weighted by Gasteiger charge is -2.11. The molecule has 2 aromatic carbocycles. The van der Waals surface area contributed by atoms with Gasteiger partial charge in [0.05, 0.1) is 13.2 Å². The van der Waals surface area contributed by atoms with Crippen LogP contribution in [0.2, 0.25) is 0 Å². The average Bonchev–Trinajstić information content (AvgIpc) is 2.93. The molecule has 0 fully saturated rings. The molecule has 1 aromatic heterocycles. The van der Waals surface area contributed by atoms with Crippen LogP contribution >= 0.6 is 0 Å². The van der Waals surface area contributed by atoms with Crippen molar-refractivity contribution in [3.05, 3.63) is 84.1 Å². The Bertz CT molecular complexity index is 803. The first-order valence-electron chi connectivity index (χ1n) is 7.67. The minimum atomic E-state index is 0.436. The molecule has 0 radical (unpaired) electrons. The van der Waals surface area contributed by atoms with Crippen molar-refractivity contribution < 1.29 is 9.53 Å². The number of aldehydes is 1. The molecule has 3 nitrogen and oxygen atoms in total. The number of benzene rings is 2. The van der Waals surface area contributed by atoms with Gasteiger partial charge in [-0.25, -0.2) is 0 Å². The first kappa shape index (κ1) is 15.3. The molecule has 0 spiro atoms. The Hall–Kier alpha value is -2.65. The zero-order chi connectivity index (χ0) is 15.9. The number of para-hydroxylation sites is 1. The van der Waals surface area contributed by atoms with Gasteiger partial charge in [-0.05, 0) is 29.2 Å². The van der Waals surface area contributed by atoms with Crippen LogP contribution < -0.4 is 0 Å². The number of carbonyl (C=O) groups is 1. The summed E-state index contributed by atoms with van der Waals surface area (Å²) in [7, 11) is 0. The van der Waals surface area contributed by atoms with Crippen LogP contribution in [0.3, 0.4) is 0 Å². The Morgan fingerprint density at radius 2 is 1.78 bits per heavy atom. The van der Waals surface area contributed by atoms with Gasteiger partial charge in [0.15, 0.2) is 0 Å². The van der Waals surface area contributed by atoms with Gasteiger partial charge in [0, 0.05) is 17.8 Å². The summed E-state index contributed by atoms with van der Waals surface area (Å²) in [5.74, 6) is 0. The van der Waals surface area contributed by atoms with Gasteiger partial charge in [0.25, 0.3) is 0 Å². The molecular formula is C20H19NO2. The maximum atomic E-state index is 10.3. The lowest BCUT2D eigenvalue weighted by atomic mass is 10.2. The van der Waals surface area contributed by atoms with Crippen molar-refractivity contribution in [1.29, 1.82) is 0 Å². The van der Waals surface area contributed by atoms with Crippen molar-refractivity contribution in [1.82, 2.24) is 4.57 Å². The van der Waals surface area contributed by atoms with Crippen LogP contribution in [-0.2, 0) is 22.7 Å². The predicted molar refractivity (Wildman–Crippen MR) is 92.3 cm³/mol. The molecule has 0 saturated carbocycles. The van der Waals surface area contributed by atoms with Crippen molar-refractivity contribution in [3.63, 3.8) is 0 Å². The third kappa shape index (κ3) is 3.76. The Morgan fingerprint density at radius 1 is 1.00 bits per heavy atom.